The summed E-state index contributed by atoms with van der Waals surface area (Å²) in [6.07, 6.45) is 4.38. The van der Waals surface area contributed by atoms with Crippen molar-refractivity contribution in [3.63, 3.8) is 0 Å². The topological polar surface area (TPSA) is 83.8 Å². The Kier molecular flexibility index (Phi) is 5.26. The maximum atomic E-state index is 12.7. The second kappa shape index (κ2) is 7.98. The van der Waals surface area contributed by atoms with E-state index in [2.05, 4.69) is 33.5 Å². The number of aryl methyl sites for hydroxylation is 1. The molecule has 0 aliphatic carbocycles. The summed E-state index contributed by atoms with van der Waals surface area (Å²) in [6, 6.07) is 9.82. The van der Waals surface area contributed by atoms with E-state index in [0.717, 1.165) is 33.0 Å². The second-order valence-corrected chi connectivity index (χ2v) is 8.11. The van der Waals surface area contributed by atoms with Gasteiger partial charge in [-0.25, -0.2) is 0 Å². The van der Waals surface area contributed by atoms with E-state index in [-0.39, 0.29) is 5.78 Å². The van der Waals surface area contributed by atoms with Crippen LogP contribution in [0.25, 0.3) is 10.9 Å². The highest BCUT2D eigenvalue weighted by Gasteiger charge is 2.15. The average molecular weight is 399 g/mol. The molecule has 4 aromatic rings. The van der Waals surface area contributed by atoms with E-state index in [1.54, 1.807) is 6.26 Å². The zero-order valence-electron chi connectivity index (χ0n) is 14.7. The number of nitrogens with one attached hydrogen (secondary N) is 2. The van der Waals surface area contributed by atoms with Crippen LogP contribution < -0.4 is 5.32 Å². The summed E-state index contributed by atoms with van der Waals surface area (Å²) < 4.78 is 6.04. The molecule has 0 spiro atoms. The molecule has 0 amide bonds. The third-order valence-corrected chi connectivity index (χ3v) is 6.22. The predicted octanol–water partition coefficient (Wildman–Crippen LogP) is 4.76. The number of hydrogen-bond acceptors (Lipinski definition) is 7. The summed E-state index contributed by atoms with van der Waals surface area (Å²) in [6.45, 7) is 2.67. The molecule has 0 radical (unpaired) electrons. The Balaban J connectivity index is 1.38. The molecule has 3 aromatic heterocycles. The summed E-state index contributed by atoms with van der Waals surface area (Å²) in [7, 11) is 0. The Morgan fingerprint density at radius 3 is 3.04 bits per heavy atom. The van der Waals surface area contributed by atoms with Gasteiger partial charge in [0.15, 0.2) is 10.1 Å². The van der Waals surface area contributed by atoms with Crippen molar-refractivity contribution in [2.45, 2.75) is 24.2 Å². The molecule has 3 heterocycles. The van der Waals surface area contributed by atoms with Gasteiger partial charge in [-0.15, -0.1) is 10.2 Å². The van der Waals surface area contributed by atoms with Gasteiger partial charge in [-0.3, -0.25) is 4.79 Å². The van der Waals surface area contributed by atoms with E-state index in [0.29, 0.717) is 17.4 Å². The van der Waals surface area contributed by atoms with E-state index in [1.165, 1.54) is 28.7 Å². The van der Waals surface area contributed by atoms with Crippen LogP contribution in [0.4, 0.5) is 5.13 Å². The van der Waals surface area contributed by atoms with Crippen molar-refractivity contribution in [3.8, 4) is 0 Å². The van der Waals surface area contributed by atoms with Gasteiger partial charge in [0.25, 0.3) is 0 Å². The molecule has 0 atom stereocenters. The predicted molar refractivity (Wildman–Crippen MR) is 109 cm³/mol. The minimum absolute atomic E-state index is 0.0831. The lowest BCUT2D eigenvalue weighted by Gasteiger charge is -2.00. The summed E-state index contributed by atoms with van der Waals surface area (Å²) in [4.78, 5) is 15.9. The Morgan fingerprint density at radius 1 is 1.30 bits per heavy atom. The number of aromatic nitrogens is 3. The molecule has 27 heavy (non-hydrogen) atoms. The molecule has 0 unspecified atom stereocenters. The van der Waals surface area contributed by atoms with Gasteiger partial charge < -0.3 is 14.7 Å². The SMILES string of the molecule is CCc1cccc2c(C(=O)CSc3nnc(NCc4ccco4)s3)c[nH]c12. The quantitative estimate of drug-likeness (QED) is 0.329. The van der Waals surface area contributed by atoms with Crippen LogP contribution in [0.2, 0.25) is 0 Å². The number of carbonyl (C=O) groups excluding carboxylic acids is 1. The molecule has 138 valence electrons. The number of nitrogens with zero attached hydrogens (tertiary/aromatic N) is 2. The summed E-state index contributed by atoms with van der Waals surface area (Å²) >= 11 is 2.84. The number of hydrogen-bond donors (Lipinski definition) is 2. The van der Waals surface area contributed by atoms with Crippen molar-refractivity contribution in [3.05, 3.63) is 59.7 Å². The van der Waals surface area contributed by atoms with E-state index in [4.69, 9.17) is 4.42 Å². The van der Waals surface area contributed by atoms with Crippen LogP contribution in [0, 0.1) is 0 Å². The first-order valence-corrected chi connectivity index (χ1v) is 10.4. The summed E-state index contributed by atoms with van der Waals surface area (Å²) in [5.74, 6) is 1.25. The summed E-state index contributed by atoms with van der Waals surface area (Å²) in [5.41, 5.74) is 3.00. The van der Waals surface area contributed by atoms with Gasteiger partial charge in [-0.05, 0) is 24.1 Å². The Morgan fingerprint density at radius 2 is 2.22 bits per heavy atom. The third kappa shape index (κ3) is 3.91. The number of carbonyl (C=O) groups is 1. The minimum atomic E-state index is 0.0831. The lowest BCUT2D eigenvalue weighted by Crippen LogP contribution is -2.01. The number of fused-ring (bicyclic) bond motifs is 1. The van der Waals surface area contributed by atoms with Gasteiger partial charge in [0.1, 0.15) is 5.76 Å². The second-order valence-electron chi connectivity index (χ2n) is 5.91. The number of furan rings is 1. The maximum absolute atomic E-state index is 12.7. The first kappa shape index (κ1) is 17.8. The van der Waals surface area contributed by atoms with Crippen LogP contribution in [0.1, 0.15) is 28.6 Å². The molecule has 0 bridgehead atoms. The molecule has 0 aliphatic rings. The monoisotopic (exact) mass is 398 g/mol. The standard InChI is InChI=1S/C19H18N4O2S2/c1-2-12-5-3-7-14-15(10-20-17(12)14)16(24)11-26-19-23-22-18(27-19)21-9-13-6-4-8-25-13/h3-8,10,20H,2,9,11H2,1H3,(H,21,22). The third-order valence-electron chi connectivity index (χ3n) is 4.21. The molecular formula is C19H18N4O2S2. The van der Waals surface area contributed by atoms with E-state index in [1.807, 2.05) is 30.5 Å². The molecule has 8 heteroatoms. The van der Waals surface area contributed by atoms with Crippen LogP contribution in [0.3, 0.4) is 0 Å². The van der Waals surface area contributed by atoms with Crippen LogP contribution in [-0.2, 0) is 13.0 Å². The fourth-order valence-corrected chi connectivity index (χ4v) is 4.49. The largest absolute Gasteiger partial charge is 0.467 e. The van der Waals surface area contributed by atoms with Gasteiger partial charge in [0, 0.05) is 22.7 Å². The molecule has 0 fully saturated rings. The normalized spacial score (nSPS) is 11.1. The molecule has 4 rings (SSSR count). The average Bonchev–Trinajstić information content (AvgIpc) is 3.44. The van der Waals surface area contributed by atoms with E-state index in [9.17, 15) is 4.79 Å². The highest BCUT2D eigenvalue weighted by Crippen LogP contribution is 2.28. The highest BCUT2D eigenvalue weighted by molar-refractivity contribution is 8.01. The van der Waals surface area contributed by atoms with Gasteiger partial charge in [0.05, 0.1) is 18.6 Å². The number of benzene rings is 1. The molecule has 0 aliphatic heterocycles. The smallest absolute Gasteiger partial charge is 0.206 e. The fourth-order valence-electron chi connectivity index (χ4n) is 2.86. The van der Waals surface area contributed by atoms with Crippen molar-refractivity contribution in [2.75, 3.05) is 11.1 Å². The van der Waals surface area contributed by atoms with Crippen LogP contribution in [0.15, 0.2) is 51.5 Å². The van der Waals surface area contributed by atoms with E-state index < -0.39 is 0 Å². The number of thioether (sulfide) groups is 1. The van der Waals surface area contributed by atoms with E-state index >= 15 is 0 Å². The van der Waals surface area contributed by atoms with Crippen molar-refractivity contribution in [2.24, 2.45) is 0 Å². The number of rotatable bonds is 8. The number of Topliss-reactive ketones (excluding diaryl/α,β-unsaturated/α-hetero) is 1. The zero-order valence-corrected chi connectivity index (χ0v) is 16.3. The van der Waals surface area contributed by atoms with Crippen molar-refractivity contribution < 1.29 is 9.21 Å². The number of H-pyrrole nitrogens is 1. The molecule has 0 saturated heterocycles. The van der Waals surface area contributed by atoms with Gasteiger partial charge >= 0.3 is 0 Å². The van der Waals surface area contributed by atoms with Crippen molar-refractivity contribution >= 4 is 44.9 Å². The molecule has 6 nitrogen and oxygen atoms in total. The zero-order chi connectivity index (χ0) is 18.6. The highest BCUT2D eigenvalue weighted by atomic mass is 32.2. The Hall–Kier alpha value is -2.58. The molecule has 1 aromatic carbocycles. The fraction of sp³-hybridized carbons (Fsp3) is 0.211. The summed E-state index contributed by atoms with van der Waals surface area (Å²) in [5, 5.41) is 13.1. The first-order chi connectivity index (χ1) is 13.2. The molecule has 2 N–H and O–H groups in total. The van der Waals surface area contributed by atoms with Gasteiger partial charge in [-0.2, -0.15) is 0 Å². The van der Waals surface area contributed by atoms with Crippen LogP contribution in [0.5, 0.6) is 0 Å². The first-order valence-electron chi connectivity index (χ1n) is 8.59. The number of ketones is 1. The maximum Gasteiger partial charge on any atom is 0.206 e. The lowest BCUT2D eigenvalue weighted by atomic mass is 10.1. The molecule has 0 saturated carbocycles. The van der Waals surface area contributed by atoms with Crippen molar-refractivity contribution in [1.82, 2.24) is 15.2 Å². The van der Waals surface area contributed by atoms with Gasteiger partial charge in [0.2, 0.25) is 5.13 Å². The van der Waals surface area contributed by atoms with Crippen LogP contribution >= 0.6 is 23.1 Å². The Labute approximate surface area is 164 Å². The van der Waals surface area contributed by atoms with Crippen molar-refractivity contribution in [1.29, 1.82) is 0 Å². The lowest BCUT2D eigenvalue weighted by molar-refractivity contribution is 0.102. The van der Waals surface area contributed by atoms with Gasteiger partial charge in [-0.1, -0.05) is 48.2 Å². The number of aromatic amines is 1. The Bertz CT molecular complexity index is 1050. The number of anilines is 1. The minimum Gasteiger partial charge on any atom is -0.467 e. The molecular weight excluding hydrogens is 380 g/mol. The van der Waals surface area contributed by atoms with Crippen LogP contribution in [-0.4, -0.2) is 26.7 Å². The number of para-hydroxylation sites is 1.